The average molecular weight is 468 g/mol. The molecule has 34 heavy (non-hydrogen) atoms. The van der Waals surface area contributed by atoms with Crippen LogP contribution >= 0.6 is 0 Å². The van der Waals surface area contributed by atoms with Gasteiger partial charge in [-0.25, -0.2) is 9.37 Å². The lowest BCUT2D eigenvalue weighted by molar-refractivity contribution is -0.121. The lowest BCUT2D eigenvalue weighted by Crippen LogP contribution is -2.49. The van der Waals surface area contributed by atoms with E-state index >= 15 is 0 Å². The van der Waals surface area contributed by atoms with E-state index in [2.05, 4.69) is 10.3 Å². The van der Waals surface area contributed by atoms with Crippen LogP contribution in [0.15, 0.2) is 36.5 Å². The molecular formula is C26H30FN3O4. The molecule has 1 saturated heterocycles. The van der Waals surface area contributed by atoms with Crippen LogP contribution in [0.4, 0.5) is 15.9 Å². The van der Waals surface area contributed by atoms with E-state index < -0.39 is 11.1 Å². The molecule has 0 atom stereocenters. The van der Waals surface area contributed by atoms with E-state index in [-0.39, 0.29) is 24.0 Å². The number of pyridine rings is 1. The number of nitrogens with zero attached hydrogens (tertiary/aromatic N) is 2. The minimum absolute atomic E-state index is 0.00397. The van der Waals surface area contributed by atoms with Crippen molar-refractivity contribution in [3.8, 4) is 5.75 Å². The zero-order chi connectivity index (χ0) is 24.1. The van der Waals surface area contributed by atoms with E-state index in [1.807, 2.05) is 20.8 Å². The molecule has 180 valence electrons. The first-order valence-electron chi connectivity index (χ1n) is 11.8. The van der Waals surface area contributed by atoms with Gasteiger partial charge in [-0.2, -0.15) is 0 Å². The van der Waals surface area contributed by atoms with Crippen molar-refractivity contribution in [3.63, 3.8) is 0 Å². The van der Waals surface area contributed by atoms with Crippen LogP contribution < -0.4 is 15.0 Å². The predicted octanol–water partition coefficient (Wildman–Crippen LogP) is 4.22. The van der Waals surface area contributed by atoms with Gasteiger partial charge in [-0.15, -0.1) is 0 Å². The van der Waals surface area contributed by atoms with Gasteiger partial charge in [0.15, 0.2) is 0 Å². The maximum absolute atomic E-state index is 14.0. The Bertz CT molecular complexity index is 1140. The molecule has 1 aliphatic carbocycles. The molecule has 7 nitrogen and oxygen atoms in total. The Balaban J connectivity index is 1.41. The second-order valence-electron chi connectivity index (χ2n) is 10.4. The van der Waals surface area contributed by atoms with Crippen LogP contribution in [0.5, 0.6) is 5.75 Å². The Labute approximate surface area is 198 Å². The van der Waals surface area contributed by atoms with Gasteiger partial charge in [-0.05, 0) is 76.3 Å². The van der Waals surface area contributed by atoms with Crippen LogP contribution in [0.2, 0.25) is 0 Å². The molecule has 2 aromatic rings. The van der Waals surface area contributed by atoms with Crippen molar-refractivity contribution in [1.82, 2.24) is 10.3 Å². The number of benzene rings is 1. The zero-order valence-corrected chi connectivity index (χ0v) is 19.8. The summed E-state index contributed by atoms with van der Waals surface area (Å²) in [7, 11) is 0. The topological polar surface area (TPSA) is 80.8 Å². The third-order valence-corrected chi connectivity index (χ3v) is 7.16. The van der Waals surface area contributed by atoms with Gasteiger partial charge in [0.2, 0.25) is 5.91 Å². The molecule has 1 saturated carbocycles. The monoisotopic (exact) mass is 467 g/mol. The van der Waals surface area contributed by atoms with Crippen molar-refractivity contribution in [1.29, 1.82) is 0 Å². The van der Waals surface area contributed by atoms with Gasteiger partial charge in [0.1, 0.15) is 23.8 Å². The van der Waals surface area contributed by atoms with Crippen LogP contribution in [-0.4, -0.2) is 47.8 Å². The first kappa shape index (κ1) is 22.8. The van der Waals surface area contributed by atoms with Crippen LogP contribution in [0, 0.1) is 0 Å². The molecule has 0 bridgehead atoms. The van der Waals surface area contributed by atoms with Gasteiger partial charge >= 0.3 is 0 Å². The molecular weight excluding hydrogens is 437 g/mol. The van der Waals surface area contributed by atoms with Gasteiger partial charge in [0.25, 0.3) is 5.91 Å². The molecule has 1 N–H and O–H groups in total. The number of amides is 2. The van der Waals surface area contributed by atoms with E-state index in [1.54, 1.807) is 41.4 Å². The minimum Gasteiger partial charge on any atom is -0.490 e. The van der Waals surface area contributed by atoms with Crippen LogP contribution in [0.1, 0.15) is 62.4 Å². The van der Waals surface area contributed by atoms with E-state index in [9.17, 15) is 14.0 Å². The zero-order valence-electron chi connectivity index (χ0n) is 19.8. The quantitative estimate of drug-likeness (QED) is 0.688. The van der Waals surface area contributed by atoms with E-state index in [4.69, 9.17) is 9.47 Å². The lowest BCUT2D eigenvalue weighted by atomic mass is 9.85. The van der Waals surface area contributed by atoms with Crippen LogP contribution in [-0.2, 0) is 14.9 Å². The van der Waals surface area contributed by atoms with Gasteiger partial charge in [-0.1, -0.05) is 0 Å². The number of carbonyl (C=O) groups is 2. The first-order valence-corrected chi connectivity index (χ1v) is 11.8. The number of hydrogen-bond acceptors (Lipinski definition) is 5. The summed E-state index contributed by atoms with van der Waals surface area (Å²) < 4.78 is 25.0. The van der Waals surface area contributed by atoms with Crippen LogP contribution in [0.25, 0.3) is 0 Å². The smallest absolute Gasteiger partial charge is 0.251 e. The summed E-state index contributed by atoms with van der Waals surface area (Å²) in [5, 5.41) is 3.15. The second kappa shape index (κ2) is 8.05. The Kier molecular flexibility index (Phi) is 5.39. The van der Waals surface area contributed by atoms with Gasteiger partial charge in [-0.3, -0.25) is 14.5 Å². The number of fused-ring (bicyclic) bond motifs is 1. The highest BCUT2D eigenvalue weighted by molar-refractivity contribution is 6.12. The third-order valence-electron chi connectivity index (χ3n) is 7.16. The normalized spacial score (nSPS) is 21.6. The SMILES string of the molecule is CC1(NC(=O)c2ccc3c(c2)C(C)(C)C(=O)N3c2cc(OCC3(F)CC3)ccn2)CCOCC1. The second-order valence-corrected chi connectivity index (χ2v) is 10.4. The number of halogens is 1. The number of anilines is 2. The van der Waals surface area contributed by atoms with Crippen molar-refractivity contribution >= 4 is 23.3 Å². The average Bonchev–Trinajstić information content (AvgIpc) is 3.51. The van der Waals surface area contributed by atoms with Crippen LogP contribution in [0.3, 0.4) is 0 Å². The molecule has 1 aromatic heterocycles. The number of nitrogens with one attached hydrogen (secondary N) is 1. The maximum Gasteiger partial charge on any atom is 0.251 e. The van der Waals surface area contributed by atoms with Crippen molar-refractivity contribution < 1.29 is 23.5 Å². The summed E-state index contributed by atoms with van der Waals surface area (Å²) in [6, 6.07) is 8.64. The van der Waals surface area contributed by atoms with Gasteiger partial charge < -0.3 is 14.8 Å². The highest BCUT2D eigenvalue weighted by Gasteiger charge is 2.46. The fourth-order valence-electron chi connectivity index (χ4n) is 4.50. The Morgan fingerprint density at radius 1 is 1.15 bits per heavy atom. The summed E-state index contributed by atoms with van der Waals surface area (Å²) in [6.45, 7) is 6.96. The molecule has 0 radical (unpaired) electrons. The molecule has 2 fully saturated rings. The summed E-state index contributed by atoms with van der Waals surface area (Å²) in [6.07, 6.45) is 4.10. The van der Waals surface area contributed by atoms with Crippen molar-refractivity contribution in [2.75, 3.05) is 24.7 Å². The Morgan fingerprint density at radius 2 is 1.88 bits per heavy atom. The maximum atomic E-state index is 14.0. The fourth-order valence-corrected chi connectivity index (χ4v) is 4.50. The van der Waals surface area contributed by atoms with Crippen molar-refractivity contribution in [2.24, 2.45) is 0 Å². The molecule has 2 amide bonds. The van der Waals surface area contributed by atoms with E-state index in [1.165, 1.54) is 0 Å². The number of rotatable bonds is 6. The van der Waals surface area contributed by atoms with E-state index in [0.29, 0.717) is 48.9 Å². The highest BCUT2D eigenvalue weighted by atomic mass is 19.1. The fraction of sp³-hybridized carbons (Fsp3) is 0.500. The predicted molar refractivity (Wildman–Crippen MR) is 125 cm³/mol. The number of hydrogen-bond donors (Lipinski definition) is 1. The first-order chi connectivity index (χ1) is 16.1. The summed E-state index contributed by atoms with van der Waals surface area (Å²) in [4.78, 5) is 32.4. The van der Waals surface area contributed by atoms with Gasteiger partial charge in [0, 0.05) is 36.6 Å². The lowest BCUT2D eigenvalue weighted by Gasteiger charge is -2.34. The number of aromatic nitrogens is 1. The minimum atomic E-state index is -1.24. The number of ether oxygens (including phenoxy) is 2. The standard InChI is InChI=1S/C26H30FN3O4/c1-24(2)19-14-17(22(31)29-25(3)9-12-33-13-10-25)4-5-20(19)30(23(24)32)21-15-18(6-11-28-21)34-16-26(27)7-8-26/h4-6,11,14-15H,7-10,12-13,16H2,1-3H3,(H,29,31). The highest BCUT2D eigenvalue weighted by Crippen LogP contribution is 2.46. The molecule has 2 aliphatic heterocycles. The van der Waals surface area contributed by atoms with Crippen molar-refractivity contribution in [3.05, 3.63) is 47.7 Å². The molecule has 3 aliphatic rings. The summed E-state index contributed by atoms with van der Waals surface area (Å²) >= 11 is 0. The molecule has 0 spiro atoms. The molecule has 0 unspecified atom stereocenters. The van der Waals surface area contributed by atoms with Gasteiger partial charge in [0.05, 0.1) is 11.1 Å². The van der Waals surface area contributed by atoms with Crippen molar-refractivity contribution in [2.45, 2.75) is 63.1 Å². The number of carbonyl (C=O) groups excluding carboxylic acids is 2. The summed E-state index contributed by atoms with van der Waals surface area (Å²) in [5.41, 5.74) is -0.441. The Hall–Kier alpha value is -3.00. The number of alkyl halides is 1. The summed E-state index contributed by atoms with van der Waals surface area (Å²) in [5.74, 6) is 0.562. The largest absolute Gasteiger partial charge is 0.490 e. The Morgan fingerprint density at radius 3 is 2.59 bits per heavy atom. The molecule has 5 rings (SSSR count). The van der Waals surface area contributed by atoms with E-state index in [0.717, 1.165) is 18.4 Å². The molecule has 1 aromatic carbocycles. The molecule has 3 heterocycles. The molecule has 8 heteroatoms. The third kappa shape index (κ3) is 4.15.